The first-order valence-corrected chi connectivity index (χ1v) is 13.3. The van der Waals surface area contributed by atoms with E-state index < -0.39 is 0 Å². The van der Waals surface area contributed by atoms with Gasteiger partial charge in [-0.1, -0.05) is 60.7 Å². The molecular formula is C27H31N5O3S. The van der Waals surface area contributed by atoms with Crippen LogP contribution in [-0.4, -0.2) is 52.1 Å². The fourth-order valence-electron chi connectivity index (χ4n) is 4.67. The maximum absolute atomic E-state index is 6.21. The van der Waals surface area contributed by atoms with Crippen LogP contribution >= 0.6 is 12.0 Å². The summed E-state index contributed by atoms with van der Waals surface area (Å²) in [6.45, 7) is 1.54. The molecule has 3 heterocycles. The summed E-state index contributed by atoms with van der Waals surface area (Å²) in [7, 11) is 1.70. The molecule has 9 heteroatoms. The zero-order chi connectivity index (χ0) is 24.7. The van der Waals surface area contributed by atoms with Crippen LogP contribution in [0.4, 0.5) is 5.82 Å². The Kier molecular flexibility index (Phi) is 8.12. The van der Waals surface area contributed by atoms with Crippen LogP contribution in [0.3, 0.4) is 0 Å². The third kappa shape index (κ3) is 5.54. The van der Waals surface area contributed by atoms with E-state index >= 15 is 0 Å². The van der Waals surface area contributed by atoms with E-state index in [2.05, 4.69) is 53.8 Å². The number of aromatic nitrogens is 4. The lowest BCUT2D eigenvalue weighted by atomic mass is 9.91. The Morgan fingerprint density at radius 1 is 1.06 bits per heavy atom. The summed E-state index contributed by atoms with van der Waals surface area (Å²) in [5, 5.41) is 3.58. The summed E-state index contributed by atoms with van der Waals surface area (Å²) < 4.78 is 19.1. The van der Waals surface area contributed by atoms with Gasteiger partial charge in [-0.25, -0.2) is 15.0 Å². The van der Waals surface area contributed by atoms with Gasteiger partial charge >= 0.3 is 0 Å². The number of rotatable bonds is 11. The third-order valence-electron chi connectivity index (χ3n) is 6.40. The molecule has 36 heavy (non-hydrogen) atoms. The maximum atomic E-state index is 6.21. The van der Waals surface area contributed by atoms with Gasteiger partial charge in [0.2, 0.25) is 0 Å². The summed E-state index contributed by atoms with van der Waals surface area (Å²) in [5.74, 6) is 1.45. The van der Waals surface area contributed by atoms with Crippen molar-refractivity contribution >= 4 is 29.0 Å². The molecule has 0 radical (unpaired) electrons. The molecule has 2 aromatic carbocycles. The molecule has 1 aliphatic heterocycles. The molecule has 0 saturated carbocycles. The number of nitrogens with one attached hydrogen (secondary N) is 1. The molecule has 2 atom stereocenters. The van der Waals surface area contributed by atoms with Gasteiger partial charge in [0.15, 0.2) is 22.8 Å². The van der Waals surface area contributed by atoms with Crippen LogP contribution in [0.5, 0.6) is 0 Å². The maximum Gasteiger partial charge on any atom is 0.168 e. The van der Waals surface area contributed by atoms with Crippen molar-refractivity contribution in [3.8, 4) is 0 Å². The molecule has 0 aliphatic carbocycles. The summed E-state index contributed by atoms with van der Waals surface area (Å²) in [6.07, 6.45) is 5.45. The van der Waals surface area contributed by atoms with Crippen LogP contribution in [0.2, 0.25) is 0 Å². The smallest absolute Gasteiger partial charge is 0.168 e. The Morgan fingerprint density at radius 2 is 1.78 bits per heavy atom. The molecular weight excluding hydrogens is 474 g/mol. The van der Waals surface area contributed by atoms with Gasteiger partial charge < -0.3 is 19.0 Å². The van der Waals surface area contributed by atoms with Crippen molar-refractivity contribution in [3.63, 3.8) is 0 Å². The molecule has 0 spiro atoms. The van der Waals surface area contributed by atoms with Gasteiger partial charge in [-0.2, -0.15) is 0 Å². The van der Waals surface area contributed by atoms with Crippen molar-refractivity contribution in [2.75, 3.05) is 31.8 Å². The predicted molar refractivity (Wildman–Crippen MR) is 142 cm³/mol. The monoisotopic (exact) mass is 505 g/mol. The quantitative estimate of drug-likeness (QED) is 0.279. The molecule has 1 aliphatic rings. The topological polar surface area (TPSA) is 83.3 Å². The minimum absolute atomic E-state index is 0.0775. The van der Waals surface area contributed by atoms with Crippen molar-refractivity contribution < 1.29 is 13.7 Å². The lowest BCUT2D eigenvalue weighted by Crippen LogP contribution is -2.17. The van der Waals surface area contributed by atoms with Crippen LogP contribution < -0.4 is 5.32 Å². The first kappa shape index (κ1) is 24.7. The number of benzene rings is 2. The molecule has 2 unspecified atom stereocenters. The Balaban J connectivity index is 1.46. The van der Waals surface area contributed by atoms with Gasteiger partial charge in [-0.05, 0) is 36.0 Å². The standard InChI is InChI=1S/C27H31N5O3S/c1-33-16-21-13-14-24(35-21)32-18-29-25-26(30-23(17-34-36-2)31-27(25)32)28-15-22(19-9-5-3-6-10-19)20-11-7-4-8-12-20/h3-12,18,21-22,24H,13-17H2,1-2H3,(H,28,30,31). The molecule has 0 bridgehead atoms. The zero-order valence-electron chi connectivity index (χ0n) is 20.5. The van der Waals surface area contributed by atoms with E-state index in [4.69, 9.17) is 28.6 Å². The van der Waals surface area contributed by atoms with Crippen LogP contribution in [0, 0.1) is 0 Å². The average Bonchev–Trinajstić information content (AvgIpc) is 3.56. The van der Waals surface area contributed by atoms with Crippen LogP contribution in [-0.2, 0) is 20.3 Å². The fourth-order valence-corrected chi connectivity index (χ4v) is 4.89. The second-order valence-corrected chi connectivity index (χ2v) is 9.31. The third-order valence-corrected chi connectivity index (χ3v) is 6.75. The van der Waals surface area contributed by atoms with Crippen LogP contribution in [0.15, 0.2) is 67.0 Å². The van der Waals surface area contributed by atoms with Gasteiger partial charge in [0.25, 0.3) is 0 Å². The molecule has 1 fully saturated rings. The average molecular weight is 506 g/mol. The minimum atomic E-state index is -0.131. The highest BCUT2D eigenvalue weighted by molar-refractivity contribution is 7.93. The second-order valence-electron chi connectivity index (χ2n) is 8.74. The van der Waals surface area contributed by atoms with E-state index in [0.717, 1.165) is 24.0 Å². The molecule has 188 valence electrons. The van der Waals surface area contributed by atoms with E-state index in [9.17, 15) is 0 Å². The number of imidazole rings is 1. The number of hydrogen-bond acceptors (Lipinski definition) is 8. The van der Waals surface area contributed by atoms with Crippen molar-refractivity contribution in [1.82, 2.24) is 19.5 Å². The Bertz CT molecular complexity index is 1220. The van der Waals surface area contributed by atoms with Gasteiger partial charge in [0.1, 0.15) is 12.8 Å². The lowest BCUT2D eigenvalue weighted by molar-refractivity contribution is -0.0300. The van der Waals surface area contributed by atoms with E-state index in [1.165, 1.54) is 23.2 Å². The number of nitrogens with zero attached hydrogens (tertiary/aromatic N) is 4. The summed E-state index contributed by atoms with van der Waals surface area (Å²) in [4.78, 5) is 14.3. The fraction of sp³-hybridized carbons (Fsp3) is 0.370. The minimum Gasteiger partial charge on any atom is -0.382 e. The molecule has 1 N–H and O–H groups in total. The second kappa shape index (κ2) is 11.8. The van der Waals surface area contributed by atoms with Gasteiger partial charge in [-0.15, -0.1) is 0 Å². The normalized spacial score (nSPS) is 17.8. The van der Waals surface area contributed by atoms with E-state index in [-0.39, 0.29) is 18.2 Å². The lowest BCUT2D eigenvalue weighted by Gasteiger charge is -2.20. The van der Waals surface area contributed by atoms with Crippen molar-refractivity contribution in [1.29, 1.82) is 0 Å². The summed E-state index contributed by atoms with van der Waals surface area (Å²) in [6, 6.07) is 21.0. The van der Waals surface area contributed by atoms with Crippen molar-refractivity contribution in [2.45, 2.75) is 37.7 Å². The predicted octanol–water partition coefficient (Wildman–Crippen LogP) is 5.19. The van der Waals surface area contributed by atoms with Crippen molar-refractivity contribution in [2.24, 2.45) is 0 Å². The van der Waals surface area contributed by atoms with Gasteiger partial charge in [0.05, 0.1) is 19.0 Å². The highest BCUT2D eigenvalue weighted by atomic mass is 32.2. The molecule has 2 aromatic heterocycles. The van der Waals surface area contributed by atoms with E-state index in [1.54, 1.807) is 13.4 Å². The van der Waals surface area contributed by atoms with Crippen LogP contribution in [0.25, 0.3) is 11.2 Å². The molecule has 5 rings (SSSR count). The van der Waals surface area contributed by atoms with E-state index in [0.29, 0.717) is 31.4 Å². The Labute approximate surface area is 215 Å². The molecule has 0 amide bonds. The summed E-state index contributed by atoms with van der Waals surface area (Å²) in [5.41, 5.74) is 3.94. The number of methoxy groups -OCH3 is 1. The van der Waals surface area contributed by atoms with Gasteiger partial charge in [-0.3, -0.25) is 4.57 Å². The zero-order valence-corrected chi connectivity index (χ0v) is 21.4. The first-order valence-electron chi connectivity index (χ1n) is 12.1. The van der Waals surface area contributed by atoms with E-state index in [1.807, 2.05) is 23.0 Å². The SMILES string of the molecule is COCC1CCC(n2cnc3c(NCC(c4ccccc4)c4ccccc4)nc(COSC)nc32)O1. The Hall–Kier alpha value is -2.98. The van der Waals surface area contributed by atoms with Gasteiger partial charge in [0, 0.05) is 25.8 Å². The number of fused-ring (bicyclic) bond motifs is 1. The Morgan fingerprint density at radius 3 is 2.44 bits per heavy atom. The van der Waals surface area contributed by atoms with Crippen molar-refractivity contribution in [3.05, 3.63) is 83.9 Å². The highest BCUT2D eigenvalue weighted by Gasteiger charge is 2.29. The number of ether oxygens (including phenoxy) is 2. The largest absolute Gasteiger partial charge is 0.382 e. The van der Waals surface area contributed by atoms with Crippen LogP contribution in [0.1, 0.15) is 41.9 Å². The molecule has 4 aromatic rings. The summed E-state index contributed by atoms with van der Waals surface area (Å²) >= 11 is 1.30. The number of anilines is 1. The first-order chi connectivity index (χ1) is 17.8. The number of hydrogen-bond donors (Lipinski definition) is 1. The molecule has 1 saturated heterocycles. The molecule has 8 nitrogen and oxygen atoms in total. The highest BCUT2D eigenvalue weighted by Crippen LogP contribution is 2.32.